The molecule has 7 heteroatoms. The van der Waals surface area contributed by atoms with Crippen LogP contribution < -0.4 is 15.9 Å². The number of rotatable bonds is 7. The van der Waals surface area contributed by atoms with Crippen molar-refractivity contribution >= 4 is 0 Å². The van der Waals surface area contributed by atoms with E-state index in [-0.39, 0.29) is 11.1 Å². The zero-order chi connectivity index (χ0) is 27.0. The Hall–Kier alpha value is -4.52. The largest absolute Gasteiger partial charge is 0.494 e. The lowest BCUT2D eigenvalue weighted by Crippen LogP contribution is -2.26. The molecule has 0 spiro atoms. The van der Waals surface area contributed by atoms with E-state index >= 15 is 0 Å². The van der Waals surface area contributed by atoms with E-state index in [4.69, 9.17) is 4.74 Å². The molecule has 0 fully saturated rings. The average Bonchev–Trinajstić information content (AvgIpc) is 3.29. The van der Waals surface area contributed by atoms with Gasteiger partial charge in [0.15, 0.2) is 0 Å². The molecule has 194 valence electrons. The molecule has 0 radical (unpaired) electrons. The third kappa shape index (κ3) is 4.00. The van der Waals surface area contributed by atoms with Crippen LogP contribution in [0, 0.1) is 13.8 Å². The first-order valence-corrected chi connectivity index (χ1v) is 12.8. The zero-order valence-electron chi connectivity index (χ0n) is 22.4. The van der Waals surface area contributed by atoms with Gasteiger partial charge in [-0.2, -0.15) is 0 Å². The van der Waals surface area contributed by atoms with E-state index in [1.165, 1.54) is 0 Å². The van der Waals surface area contributed by atoms with E-state index in [9.17, 15) is 9.59 Å². The van der Waals surface area contributed by atoms with E-state index in [1.54, 1.807) is 9.36 Å². The summed E-state index contributed by atoms with van der Waals surface area (Å²) in [6, 6.07) is 26.8. The summed E-state index contributed by atoms with van der Waals surface area (Å²) in [6.45, 7) is 6.26. The SMILES string of the molecule is CCOc1ccccc1C(c1c(C)n(C)n(-c2ccccc2)c1=O)c1c(C)n(C)n(-c2ccccc2)c1=O. The Labute approximate surface area is 221 Å². The highest BCUT2D eigenvalue weighted by Crippen LogP contribution is 2.38. The first-order valence-electron chi connectivity index (χ1n) is 12.8. The lowest BCUT2D eigenvalue weighted by Gasteiger charge is -2.19. The Kier molecular flexibility index (Phi) is 6.68. The van der Waals surface area contributed by atoms with Crippen molar-refractivity contribution in [2.75, 3.05) is 6.61 Å². The van der Waals surface area contributed by atoms with Crippen molar-refractivity contribution in [3.8, 4) is 17.1 Å². The Bertz CT molecular complexity index is 1600. The van der Waals surface area contributed by atoms with Gasteiger partial charge in [0.05, 0.1) is 35.0 Å². The molecule has 0 aliphatic rings. The van der Waals surface area contributed by atoms with Gasteiger partial charge >= 0.3 is 0 Å². The average molecular weight is 509 g/mol. The summed E-state index contributed by atoms with van der Waals surface area (Å²) in [7, 11) is 3.75. The molecule has 38 heavy (non-hydrogen) atoms. The Morgan fingerprint density at radius 2 is 1.08 bits per heavy atom. The molecule has 0 N–H and O–H groups in total. The van der Waals surface area contributed by atoms with Crippen LogP contribution >= 0.6 is 0 Å². The predicted octanol–water partition coefficient (Wildman–Crippen LogP) is 4.86. The van der Waals surface area contributed by atoms with Gasteiger partial charge in [0, 0.05) is 31.0 Å². The second-order valence-corrected chi connectivity index (χ2v) is 9.35. The van der Waals surface area contributed by atoms with E-state index in [1.807, 2.05) is 129 Å². The third-order valence-corrected chi connectivity index (χ3v) is 7.30. The molecule has 2 aromatic heterocycles. The number of benzene rings is 3. The molecule has 0 amide bonds. The van der Waals surface area contributed by atoms with Crippen LogP contribution in [-0.4, -0.2) is 25.3 Å². The van der Waals surface area contributed by atoms with Crippen molar-refractivity contribution in [2.24, 2.45) is 14.1 Å². The van der Waals surface area contributed by atoms with Crippen molar-refractivity contribution in [3.05, 3.63) is 134 Å². The lowest BCUT2D eigenvalue weighted by molar-refractivity contribution is 0.336. The summed E-state index contributed by atoms with van der Waals surface area (Å²) in [4.78, 5) is 28.5. The normalized spacial score (nSPS) is 11.3. The van der Waals surface area contributed by atoms with Gasteiger partial charge < -0.3 is 4.74 Å². The van der Waals surface area contributed by atoms with E-state index in [0.29, 0.717) is 23.5 Å². The molecule has 0 bridgehead atoms. The highest BCUT2D eigenvalue weighted by atomic mass is 16.5. The van der Waals surface area contributed by atoms with Gasteiger partial charge in [-0.15, -0.1) is 0 Å². The van der Waals surface area contributed by atoms with Crippen molar-refractivity contribution in [1.82, 2.24) is 18.7 Å². The first kappa shape index (κ1) is 25.1. The van der Waals surface area contributed by atoms with Crippen molar-refractivity contribution in [3.63, 3.8) is 0 Å². The van der Waals surface area contributed by atoms with E-state index < -0.39 is 5.92 Å². The van der Waals surface area contributed by atoms with E-state index in [0.717, 1.165) is 28.3 Å². The number of nitrogens with zero attached hydrogens (tertiary/aromatic N) is 4. The summed E-state index contributed by atoms with van der Waals surface area (Å²) >= 11 is 0. The zero-order valence-corrected chi connectivity index (χ0v) is 22.4. The summed E-state index contributed by atoms with van der Waals surface area (Å²) < 4.78 is 13.1. The predicted molar refractivity (Wildman–Crippen MR) is 150 cm³/mol. The van der Waals surface area contributed by atoms with Crippen LogP contribution in [0.15, 0.2) is 94.5 Å². The number of aromatic nitrogens is 4. The van der Waals surface area contributed by atoms with Gasteiger partial charge in [-0.3, -0.25) is 19.0 Å². The molecule has 0 unspecified atom stereocenters. The third-order valence-electron chi connectivity index (χ3n) is 7.30. The van der Waals surface area contributed by atoms with Crippen molar-refractivity contribution < 1.29 is 4.74 Å². The van der Waals surface area contributed by atoms with Crippen molar-refractivity contribution in [2.45, 2.75) is 26.7 Å². The smallest absolute Gasteiger partial charge is 0.275 e. The summed E-state index contributed by atoms with van der Waals surface area (Å²) in [5.41, 5.74) is 4.64. The molecule has 5 aromatic rings. The fourth-order valence-corrected chi connectivity index (χ4v) is 5.30. The number of ether oxygens (including phenoxy) is 1. The Morgan fingerprint density at radius 1 is 0.658 bits per heavy atom. The van der Waals surface area contributed by atoms with Gasteiger partial charge in [-0.25, -0.2) is 9.36 Å². The van der Waals surface area contributed by atoms with Crippen LogP contribution in [0.4, 0.5) is 0 Å². The molecule has 7 nitrogen and oxygen atoms in total. The molecular formula is C31H32N4O3. The molecular weight excluding hydrogens is 476 g/mol. The molecule has 0 saturated carbocycles. The maximum atomic E-state index is 14.2. The summed E-state index contributed by atoms with van der Waals surface area (Å²) in [5.74, 6) is 0.0212. The van der Waals surface area contributed by atoms with Gasteiger partial charge in [-0.1, -0.05) is 54.6 Å². The van der Waals surface area contributed by atoms with E-state index in [2.05, 4.69) is 0 Å². The standard InChI is InChI=1S/C31H32N4O3/c1-6-38-26-20-14-13-19-25(26)29(27-21(2)32(4)34(30(27)36)23-15-9-7-10-16-23)28-22(3)33(5)35(31(28)37)24-17-11-8-12-18-24/h7-20,29H,6H2,1-5H3. The number of hydrogen-bond acceptors (Lipinski definition) is 3. The minimum atomic E-state index is -0.634. The van der Waals surface area contributed by atoms with Crippen molar-refractivity contribution in [1.29, 1.82) is 0 Å². The molecule has 3 aromatic carbocycles. The van der Waals surface area contributed by atoms with Gasteiger partial charge in [0.1, 0.15) is 5.75 Å². The topological polar surface area (TPSA) is 63.1 Å². The van der Waals surface area contributed by atoms with Gasteiger partial charge in [0.2, 0.25) is 0 Å². The minimum Gasteiger partial charge on any atom is -0.494 e. The van der Waals surface area contributed by atoms with Crippen LogP contribution in [0.3, 0.4) is 0 Å². The number of hydrogen-bond donors (Lipinski definition) is 0. The highest BCUT2D eigenvalue weighted by molar-refractivity contribution is 5.52. The second-order valence-electron chi connectivity index (χ2n) is 9.35. The molecule has 0 saturated heterocycles. The summed E-state index contributed by atoms with van der Waals surface area (Å²) in [5, 5.41) is 0. The summed E-state index contributed by atoms with van der Waals surface area (Å²) in [6.07, 6.45) is 0. The number of para-hydroxylation sites is 3. The fourth-order valence-electron chi connectivity index (χ4n) is 5.30. The van der Waals surface area contributed by atoms with Crippen LogP contribution in [-0.2, 0) is 14.1 Å². The molecule has 0 aliphatic heterocycles. The van der Waals surface area contributed by atoms with Gasteiger partial charge in [-0.05, 0) is 51.1 Å². The maximum Gasteiger partial charge on any atom is 0.275 e. The first-order chi connectivity index (χ1) is 18.4. The van der Waals surface area contributed by atoms with Crippen LogP contribution in [0.5, 0.6) is 5.75 Å². The van der Waals surface area contributed by atoms with Gasteiger partial charge in [0.25, 0.3) is 11.1 Å². The Morgan fingerprint density at radius 3 is 1.53 bits per heavy atom. The highest BCUT2D eigenvalue weighted by Gasteiger charge is 2.34. The molecule has 0 atom stereocenters. The molecule has 5 rings (SSSR count). The van der Waals surface area contributed by atoms with Crippen LogP contribution in [0.25, 0.3) is 11.4 Å². The monoisotopic (exact) mass is 508 g/mol. The van der Waals surface area contributed by atoms with Crippen LogP contribution in [0.2, 0.25) is 0 Å². The fraction of sp³-hybridized carbons (Fsp3) is 0.226. The van der Waals surface area contributed by atoms with Crippen LogP contribution in [0.1, 0.15) is 40.9 Å². The molecule has 0 aliphatic carbocycles. The lowest BCUT2D eigenvalue weighted by atomic mass is 9.84. The quantitative estimate of drug-likeness (QED) is 0.315. The maximum absolute atomic E-state index is 14.2. The molecule has 2 heterocycles. The minimum absolute atomic E-state index is 0.165. The second kappa shape index (κ2) is 10.1. The Balaban J connectivity index is 1.87.